The van der Waals surface area contributed by atoms with Crippen molar-refractivity contribution in [3.63, 3.8) is 0 Å². The fraction of sp³-hybridized carbons (Fsp3) is 0.333. The Bertz CT molecular complexity index is 755. The number of likely N-dealkylation sites (N-methyl/N-ethyl adjacent to an activating group) is 1. The Labute approximate surface area is 154 Å². The molecule has 1 amide bonds. The highest BCUT2D eigenvalue weighted by molar-refractivity contribution is 5.91. The molecule has 0 heterocycles. The molecule has 0 radical (unpaired) electrons. The zero-order valence-corrected chi connectivity index (χ0v) is 15.4. The van der Waals surface area contributed by atoms with Gasteiger partial charge in [0.2, 0.25) is 5.91 Å². The quantitative estimate of drug-likeness (QED) is 0.788. The number of hydrogen-bond acceptors (Lipinski definition) is 3. The number of amides is 1. The number of rotatable bonds is 8. The number of nitrogens with zero attached hydrogens (tertiary/aromatic N) is 1. The minimum atomic E-state index is -1.01. The minimum Gasteiger partial charge on any atom is -0.497 e. The molecule has 0 saturated carbocycles. The molecule has 0 bridgehead atoms. The molecule has 1 unspecified atom stereocenters. The van der Waals surface area contributed by atoms with E-state index in [0.29, 0.717) is 12.1 Å². The maximum Gasteiger partial charge on any atom is 0.335 e. The fourth-order valence-corrected chi connectivity index (χ4v) is 3.09. The zero-order valence-electron chi connectivity index (χ0n) is 15.4. The largest absolute Gasteiger partial charge is 0.497 e. The van der Waals surface area contributed by atoms with Crippen LogP contribution in [0.3, 0.4) is 0 Å². The van der Waals surface area contributed by atoms with Crippen molar-refractivity contribution in [1.82, 2.24) is 4.90 Å². The van der Waals surface area contributed by atoms with Crippen LogP contribution in [0.5, 0.6) is 5.75 Å². The molecule has 5 heteroatoms. The van der Waals surface area contributed by atoms with Crippen molar-refractivity contribution in [2.24, 2.45) is 0 Å². The van der Waals surface area contributed by atoms with Crippen LogP contribution in [-0.4, -0.2) is 41.6 Å². The van der Waals surface area contributed by atoms with Crippen molar-refractivity contribution in [2.45, 2.75) is 32.7 Å². The van der Waals surface area contributed by atoms with Crippen LogP contribution in [0.4, 0.5) is 0 Å². The van der Waals surface area contributed by atoms with Gasteiger partial charge in [-0.25, -0.2) is 4.79 Å². The lowest BCUT2D eigenvalue weighted by Gasteiger charge is -2.28. The van der Waals surface area contributed by atoms with Crippen LogP contribution >= 0.6 is 0 Å². The Morgan fingerprint density at radius 1 is 1.12 bits per heavy atom. The molecule has 1 N–H and O–H groups in total. The van der Waals surface area contributed by atoms with Gasteiger partial charge in [0.15, 0.2) is 0 Å². The number of ether oxygens (including phenoxy) is 1. The number of methoxy groups -OCH3 is 1. The Morgan fingerprint density at radius 2 is 1.77 bits per heavy atom. The Kier molecular flexibility index (Phi) is 6.78. The van der Waals surface area contributed by atoms with Crippen molar-refractivity contribution in [1.29, 1.82) is 0 Å². The van der Waals surface area contributed by atoms with Gasteiger partial charge in [0.25, 0.3) is 0 Å². The van der Waals surface area contributed by atoms with Gasteiger partial charge in [-0.15, -0.1) is 0 Å². The van der Waals surface area contributed by atoms with Gasteiger partial charge in [0.1, 0.15) is 5.75 Å². The minimum absolute atomic E-state index is 0.0119. The average Bonchev–Trinajstić information content (AvgIpc) is 2.63. The Morgan fingerprint density at radius 3 is 2.35 bits per heavy atom. The molecule has 0 spiro atoms. The van der Waals surface area contributed by atoms with Crippen molar-refractivity contribution < 1.29 is 19.4 Å². The second-order valence-electron chi connectivity index (χ2n) is 6.22. The standard InChI is InChI=1S/C21H25NO4/c1-4-22(15(2)13-16-9-11-18(26-3)12-10-16)20(23)14-17-7-5-6-8-19(17)21(24)25/h5-12,15H,4,13-14H2,1-3H3,(H,24,25). The summed E-state index contributed by atoms with van der Waals surface area (Å²) in [5, 5.41) is 9.29. The number of carbonyl (C=O) groups excluding carboxylic acids is 1. The molecule has 1 atom stereocenters. The number of carbonyl (C=O) groups is 2. The van der Waals surface area contributed by atoms with Crippen LogP contribution in [0, 0.1) is 0 Å². The second kappa shape index (κ2) is 9.04. The molecule has 2 aromatic carbocycles. The molecule has 2 rings (SSSR count). The first-order valence-electron chi connectivity index (χ1n) is 8.69. The molecule has 0 aliphatic rings. The van der Waals surface area contributed by atoms with Crippen molar-refractivity contribution in [3.8, 4) is 5.75 Å². The van der Waals surface area contributed by atoms with Crippen LogP contribution in [0.25, 0.3) is 0 Å². The molecule has 0 aliphatic carbocycles. The molecule has 0 aliphatic heterocycles. The van der Waals surface area contributed by atoms with Gasteiger partial charge in [-0.2, -0.15) is 0 Å². The third-order valence-corrected chi connectivity index (χ3v) is 4.47. The number of carboxylic acid groups (broad SMARTS) is 1. The normalized spacial score (nSPS) is 11.7. The summed E-state index contributed by atoms with van der Waals surface area (Å²) in [5.74, 6) is -0.278. The molecular formula is C21H25NO4. The topological polar surface area (TPSA) is 66.8 Å². The monoisotopic (exact) mass is 355 g/mol. The summed E-state index contributed by atoms with van der Waals surface area (Å²) in [4.78, 5) is 25.9. The van der Waals surface area contributed by atoms with E-state index in [1.54, 1.807) is 30.2 Å². The summed E-state index contributed by atoms with van der Waals surface area (Å²) >= 11 is 0. The van der Waals surface area contributed by atoms with E-state index in [4.69, 9.17) is 4.74 Å². The van der Waals surface area contributed by atoms with E-state index in [1.165, 1.54) is 6.07 Å². The van der Waals surface area contributed by atoms with Crippen LogP contribution in [0.1, 0.15) is 35.3 Å². The average molecular weight is 355 g/mol. The summed E-state index contributed by atoms with van der Waals surface area (Å²) in [6.45, 7) is 4.52. The predicted molar refractivity (Wildman–Crippen MR) is 101 cm³/mol. The van der Waals surface area contributed by atoms with Gasteiger partial charge in [0, 0.05) is 12.6 Å². The Balaban J connectivity index is 2.08. The van der Waals surface area contributed by atoms with E-state index in [9.17, 15) is 14.7 Å². The van der Waals surface area contributed by atoms with Crippen LogP contribution < -0.4 is 4.74 Å². The van der Waals surface area contributed by atoms with E-state index in [1.807, 2.05) is 38.1 Å². The lowest BCUT2D eigenvalue weighted by atomic mass is 10.0. The number of aromatic carboxylic acids is 1. The van der Waals surface area contributed by atoms with E-state index in [0.717, 1.165) is 17.7 Å². The van der Waals surface area contributed by atoms with Gasteiger partial charge in [0.05, 0.1) is 19.1 Å². The van der Waals surface area contributed by atoms with Crippen LogP contribution in [0.15, 0.2) is 48.5 Å². The molecule has 2 aromatic rings. The van der Waals surface area contributed by atoms with Crippen molar-refractivity contribution in [2.75, 3.05) is 13.7 Å². The molecule has 0 fully saturated rings. The highest BCUT2D eigenvalue weighted by Crippen LogP contribution is 2.16. The SMILES string of the molecule is CCN(C(=O)Cc1ccccc1C(=O)O)C(C)Cc1ccc(OC)cc1. The number of hydrogen-bond donors (Lipinski definition) is 1. The van der Waals surface area contributed by atoms with Gasteiger partial charge in [-0.3, -0.25) is 4.79 Å². The van der Waals surface area contributed by atoms with Gasteiger partial charge in [-0.05, 0) is 49.6 Å². The fourth-order valence-electron chi connectivity index (χ4n) is 3.09. The van der Waals surface area contributed by atoms with E-state index in [-0.39, 0.29) is 23.9 Å². The predicted octanol–water partition coefficient (Wildman–Crippen LogP) is 3.42. The lowest BCUT2D eigenvalue weighted by Crippen LogP contribution is -2.40. The molecular weight excluding hydrogens is 330 g/mol. The summed E-state index contributed by atoms with van der Waals surface area (Å²) in [6, 6.07) is 14.5. The zero-order chi connectivity index (χ0) is 19.1. The molecule has 26 heavy (non-hydrogen) atoms. The highest BCUT2D eigenvalue weighted by Gasteiger charge is 2.21. The maximum absolute atomic E-state index is 12.8. The summed E-state index contributed by atoms with van der Waals surface area (Å²) in [6.07, 6.45) is 0.813. The lowest BCUT2D eigenvalue weighted by molar-refractivity contribution is -0.132. The third kappa shape index (κ3) is 4.85. The van der Waals surface area contributed by atoms with Crippen molar-refractivity contribution >= 4 is 11.9 Å². The van der Waals surface area contributed by atoms with Crippen LogP contribution in [0.2, 0.25) is 0 Å². The van der Waals surface area contributed by atoms with Gasteiger partial charge >= 0.3 is 5.97 Å². The summed E-state index contributed by atoms with van der Waals surface area (Å²) in [7, 11) is 1.63. The smallest absolute Gasteiger partial charge is 0.335 e. The Hall–Kier alpha value is -2.82. The summed E-state index contributed by atoms with van der Waals surface area (Å²) in [5.41, 5.74) is 1.84. The van der Waals surface area contributed by atoms with Gasteiger partial charge in [-0.1, -0.05) is 30.3 Å². The second-order valence-corrected chi connectivity index (χ2v) is 6.22. The number of benzene rings is 2. The summed E-state index contributed by atoms with van der Waals surface area (Å²) < 4.78 is 5.17. The van der Waals surface area contributed by atoms with E-state index in [2.05, 4.69) is 0 Å². The first kappa shape index (κ1) is 19.5. The molecule has 138 valence electrons. The first-order valence-corrected chi connectivity index (χ1v) is 8.69. The number of carboxylic acids is 1. The first-order chi connectivity index (χ1) is 12.5. The molecule has 5 nitrogen and oxygen atoms in total. The molecule has 0 saturated heterocycles. The van der Waals surface area contributed by atoms with Crippen molar-refractivity contribution in [3.05, 3.63) is 65.2 Å². The maximum atomic E-state index is 12.8. The third-order valence-electron chi connectivity index (χ3n) is 4.47. The van der Waals surface area contributed by atoms with Crippen LogP contribution in [-0.2, 0) is 17.6 Å². The molecule has 0 aromatic heterocycles. The van der Waals surface area contributed by atoms with E-state index < -0.39 is 5.97 Å². The van der Waals surface area contributed by atoms with Gasteiger partial charge < -0.3 is 14.7 Å². The highest BCUT2D eigenvalue weighted by atomic mass is 16.5. The van der Waals surface area contributed by atoms with E-state index >= 15 is 0 Å².